The van der Waals surface area contributed by atoms with E-state index in [1.165, 1.54) is 18.4 Å². The fraction of sp³-hybridized carbons (Fsp3) is 0.462. The molecule has 2 nitrogen and oxygen atoms in total. The Hall–Kier alpha value is -1.02. The largest absolute Gasteiger partial charge is 0.478 e. The maximum Gasteiger partial charge on any atom is 0.335 e. The number of alkyl halides is 1. The van der Waals surface area contributed by atoms with Crippen LogP contribution in [-0.2, 0) is 6.42 Å². The summed E-state index contributed by atoms with van der Waals surface area (Å²) >= 11 is 5.59. The Labute approximate surface area is 101 Å². The van der Waals surface area contributed by atoms with Crippen molar-refractivity contribution < 1.29 is 9.90 Å². The van der Waals surface area contributed by atoms with E-state index in [2.05, 4.69) is 0 Å². The number of carbonyl (C=O) groups is 1. The van der Waals surface area contributed by atoms with Crippen LogP contribution < -0.4 is 0 Å². The van der Waals surface area contributed by atoms with Gasteiger partial charge in [-0.1, -0.05) is 25.0 Å². The van der Waals surface area contributed by atoms with E-state index >= 15 is 0 Å². The van der Waals surface area contributed by atoms with Gasteiger partial charge >= 0.3 is 5.97 Å². The molecule has 1 aromatic carbocycles. The molecule has 0 spiro atoms. The second-order valence-corrected chi connectivity index (χ2v) is 4.23. The fourth-order valence-electron chi connectivity index (χ4n) is 1.59. The number of halogens is 1. The van der Waals surface area contributed by atoms with E-state index in [0.29, 0.717) is 5.56 Å². The van der Waals surface area contributed by atoms with Gasteiger partial charge in [0.25, 0.3) is 0 Å². The lowest BCUT2D eigenvalue weighted by Gasteiger charge is -2.02. The second kappa shape index (κ2) is 7.29. The maximum atomic E-state index is 10.6. The van der Waals surface area contributed by atoms with Gasteiger partial charge in [0.2, 0.25) is 0 Å². The highest BCUT2D eigenvalue weighted by molar-refractivity contribution is 6.17. The molecule has 0 bridgehead atoms. The number of aryl methyl sites for hydroxylation is 1. The van der Waals surface area contributed by atoms with Crippen molar-refractivity contribution in [2.45, 2.75) is 32.1 Å². The SMILES string of the molecule is O=C(O)c1ccc(CCCCCCCl)cc1. The Morgan fingerprint density at radius 2 is 1.69 bits per heavy atom. The van der Waals surface area contributed by atoms with Crippen molar-refractivity contribution >= 4 is 17.6 Å². The summed E-state index contributed by atoms with van der Waals surface area (Å²) in [6.45, 7) is 0. The van der Waals surface area contributed by atoms with Gasteiger partial charge in [0.15, 0.2) is 0 Å². The number of hydrogen-bond donors (Lipinski definition) is 1. The molecule has 0 saturated heterocycles. The van der Waals surface area contributed by atoms with Crippen LogP contribution in [0.1, 0.15) is 41.6 Å². The van der Waals surface area contributed by atoms with Gasteiger partial charge in [-0.3, -0.25) is 0 Å². The standard InChI is InChI=1S/C13H17ClO2/c14-10-4-2-1-3-5-11-6-8-12(9-7-11)13(15)16/h6-9H,1-5,10H2,(H,15,16). The molecular formula is C13H17ClO2. The number of unbranched alkanes of at least 4 members (excludes halogenated alkanes) is 3. The molecule has 1 rings (SSSR count). The van der Waals surface area contributed by atoms with Gasteiger partial charge in [0.1, 0.15) is 0 Å². The average Bonchev–Trinajstić information content (AvgIpc) is 2.29. The molecule has 1 N–H and O–H groups in total. The normalized spacial score (nSPS) is 10.3. The van der Waals surface area contributed by atoms with Crippen molar-refractivity contribution in [1.82, 2.24) is 0 Å². The van der Waals surface area contributed by atoms with Crippen LogP contribution in [0.4, 0.5) is 0 Å². The summed E-state index contributed by atoms with van der Waals surface area (Å²) in [4.78, 5) is 10.6. The molecule has 0 fully saturated rings. The first-order chi connectivity index (χ1) is 7.74. The van der Waals surface area contributed by atoms with Gasteiger partial charge in [0, 0.05) is 5.88 Å². The van der Waals surface area contributed by atoms with Crippen LogP contribution >= 0.6 is 11.6 Å². The Bertz CT molecular complexity index is 319. The van der Waals surface area contributed by atoms with Crippen molar-refractivity contribution in [2.24, 2.45) is 0 Å². The molecule has 0 heterocycles. The Balaban J connectivity index is 2.29. The molecule has 0 aliphatic rings. The van der Waals surface area contributed by atoms with E-state index in [0.717, 1.165) is 25.1 Å². The smallest absolute Gasteiger partial charge is 0.335 e. The predicted molar refractivity (Wildman–Crippen MR) is 66.3 cm³/mol. The number of rotatable bonds is 7. The molecule has 16 heavy (non-hydrogen) atoms. The minimum atomic E-state index is -0.867. The van der Waals surface area contributed by atoms with E-state index in [-0.39, 0.29) is 0 Å². The van der Waals surface area contributed by atoms with Gasteiger partial charge < -0.3 is 5.11 Å². The van der Waals surface area contributed by atoms with Crippen LogP contribution in [0.2, 0.25) is 0 Å². The van der Waals surface area contributed by atoms with E-state index in [4.69, 9.17) is 16.7 Å². The molecular weight excluding hydrogens is 224 g/mol. The molecule has 0 amide bonds. The summed E-state index contributed by atoms with van der Waals surface area (Å²) in [5.74, 6) is -0.124. The van der Waals surface area contributed by atoms with Gasteiger partial charge in [0.05, 0.1) is 5.56 Å². The molecule has 1 aromatic rings. The van der Waals surface area contributed by atoms with E-state index < -0.39 is 5.97 Å². The first kappa shape index (κ1) is 13.0. The van der Waals surface area contributed by atoms with Crippen LogP contribution in [0.3, 0.4) is 0 Å². The van der Waals surface area contributed by atoms with Gasteiger partial charge in [-0.15, -0.1) is 11.6 Å². The van der Waals surface area contributed by atoms with E-state index in [9.17, 15) is 4.79 Å². The average molecular weight is 241 g/mol. The van der Waals surface area contributed by atoms with Gasteiger partial charge in [-0.05, 0) is 37.0 Å². The van der Waals surface area contributed by atoms with E-state index in [1.54, 1.807) is 12.1 Å². The molecule has 3 heteroatoms. The molecule has 0 saturated carbocycles. The highest BCUT2D eigenvalue weighted by Crippen LogP contribution is 2.10. The number of aromatic carboxylic acids is 1. The quantitative estimate of drug-likeness (QED) is 0.583. The third-order valence-corrected chi connectivity index (χ3v) is 2.82. The van der Waals surface area contributed by atoms with Crippen LogP contribution in [0.15, 0.2) is 24.3 Å². The zero-order valence-electron chi connectivity index (χ0n) is 9.29. The lowest BCUT2D eigenvalue weighted by Crippen LogP contribution is -1.96. The lowest BCUT2D eigenvalue weighted by atomic mass is 10.0. The molecule has 0 aliphatic heterocycles. The third-order valence-electron chi connectivity index (χ3n) is 2.55. The number of carboxylic acids is 1. The summed E-state index contributed by atoms with van der Waals surface area (Å²) in [5, 5.41) is 8.74. The van der Waals surface area contributed by atoms with Gasteiger partial charge in [-0.25, -0.2) is 4.79 Å². The first-order valence-electron chi connectivity index (χ1n) is 5.62. The Morgan fingerprint density at radius 1 is 1.06 bits per heavy atom. The molecule has 0 unspecified atom stereocenters. The van der Waals surface area contributed by atoms with Gasteiger partial charge in [-0.2, -0.15) is 0 Å². The highest BCUT2D eigenvalue weighted by Gasteiger charge is 2.01. The van der Waals surface area contributed by atoms with Crippen molar-refractivity contribution in [2.75, 3.05) is 5.88 Å². The van der Waals surface area contributed by atoms with Crippen LogP contribution in [0.5, 0.6) is 0 Å². The van der Waals surface area contributed by atoms with Crippen LogP contribution in [0.25, 0.3) is 0 Å². The summed E-state index contributed by atoms with van der Waals surface area (Å²) in [5.41, 5.74) is 1.56. The molecule has 0 aromatic heterocycles. The predicted octanol–water partition coefficient (Wildman–Crippen LogP) is 3.73. The number of carboxylic acid groups (broad SMARTS) is 1. The molecule has 0 radical (unpaired) electrons. The summed E-state index contributed by atoms with van der Waals surface area (Å²) in [6, 6.07) is 7.11. The van der Waals surface area contributed by atoms with Crippen LogP contribution in [0, 0.1) is 0 Å². The molecule has 0 atom stereocenters. The summed E-state index contributed by atoms with van der Waals surface area (Å²) in [7, 11) is 0. The van der Waals surface area contributed by atoms with Crippen molar-refractivity contribution in [1.29, 1.82) is 0 Å². The maximum absolute atomic E-state index is 10.6. The highest BCUT2D eigenvalue weighted by atomic mass is 35.5. The number of hydrogen-bond acceptors (Lipinski definition) is 1. The van der Waals surface area contributed by atoms with Crippen molar-refractivity contribution in [3.63, 3.8) is 0 Å². The summed E-state index contributed by atoms with van der Waals surface area (Å²) in [6.07, 6.45) is 5.61. The molecule has 88 valence electrons. The van der Waals surface area contributed by atoms with E-state index in [1.807, 2.05) is 12.1 Å². The third kappa shape index (κ3) is 4.67. The zero-order chi connectivity index (χ0) is 11.8. The zero-order valence-corrected chi connectivity index (χ0v) is 10.0. The minimum absolute atomic E-state index is 0.353. The molecule has 0 aliphatic carbocycles. The number of benzene rings is 1. The Kier molecular flexibility index (Phi) is 5.94. The second-order valence-electron chi connectivity index (χ2n) is 3.86. The minimum Gasteiger partial charge on any atom is -0.478 e. The topological polar surface area (TPSA) is 37.3 Å². The van der Waals surface area contributed by atoms with Crippen molar-refractivity contribution in [3.05, 3.63) is 35.4 Å². The van der Waals surface area contributed by atoms with Crippen LogP contribution in [-0.4, -0.2) is 17.0 Å². The fourth-order valence-corrected chi connectivity index (χ4v) is 1.78. The Morgan fingerprint density at radius 3 is 2.25 bits per heavy atom. The lowest BCUT2D eigenvalue weighted by molar-refractivity contribution is 0.0697. The monoisotopic (exact) mass is 240 g/mol. The first-order valence-corrected chi connectivity index (χ1v) is 6.15. The van der Waals surface area contributed by atoms with Crippen molar-refractivity contribution in [3.8, 4) is 0 Å². The summed E-state index contributed by atoms with van der Waals surface area (Å²) < 4.78 is 0.